The molecule has 11 heteroatoms. The van der Waals surface area contributed by atoms with Crippen LogP contribution in [0.5, 0.6) is 17.2 Å². The van der Waals surface area contributed by atoms with Gasteiger partial charge in [0, 0.05) is 54.1 Å². The van der Waals surface area contributed by atoms with Crippen molar-refractivity contribution in [2.75, 3.05) is 59.0 Å². The smallest absolute Gasteiger partial charge is 0.263 e. The lowest BCUT2D eigenvalue weighted by Crippen LogP contribution is -3.00. The average molecular weight is 712 g/mol. The Hall–Kier alpha value is -4.15. The zero-order chi connectivity index (χ0) is 35.0. The number of hydrogen-bond acceptors (Lipinski definition) is 5. The van der Waals surface area contributed by atoms with Crippen LogP contribution in [0.1, 0.15) is 68.6 Å². The minimum atomic E-state index is -0.823. The first kappa shape index (κ1) is 38.6. The van der Waals surface area contributed by atoms with Gasteiger partial charge >= 0.3 is 0 Å². The van der Waals surface area contributed by atoms with Gasteiger partial charge in [-0.1, -0.05) is 12.8 Å². The van der Waals surface area contributed by atoms with Gasteiger partial charge < -0.3 is 40.6 Å². The van der Waals surface area contributed by atoms with Crippen molar-refractivity contribution in [3.8, 4) is 22.9 Å². The molecule has 1 aliphatic rings. The number of piperidine rings is 1. The number of unbranched alkanes of at least 4 members (excludes halogenated alkanes) is 4. The van der Waals surface area contributed by atoms with Gasteiger partial charge in [0.15, 0.2) is 0 Å². The summed E-state index contributed by atoms with van der Waals surface area (Å²) in [5.74, 6) is -0.705. The van der Waals surface area contributed by atoms with Gasteiger partial charge in [-0.15, -0.1) is 0 Å². The van der Waals surface area contributed by atoms with E-state index in [0.29, 0.717) is 35.1 Å². The topological polar surface area (TPSA) is 70.0 Å². The molecule has 0 saturated carbocycles. The summed E-state index contributed by atoms with van der Waals surface area (Å²) in [6.07, 6.45) is 11.2. The third-order valence-electron chi connectivity index (χ3n) is 9.55. The quantitative estimate of drug-likeness (QED) is 0.130. The number of ether oxygens (including phenoxy) is 3. The molecule has 8 nitrogen and oxygen atoms in total. The number of rotatable bonds is 15. The minimum absolute atomic E-state index is 0. The van der Waals surface area contributed by atoms with Crippen LogP contribution in [0.25, 0.3) is 16.6 Å². The zero-order valence-corrected chi connectivity index (χ0v) is 30.2. The van der Waals surface area contributed by atoms with Crippen molar-refractivity contribution in [1.29, 1.82) is 0 Å². The Bertz CT molecular complexity index is 1780. The van der Waals surface area contributed by atoms with Crippen molar-refractivity contribution in [3.63, 3.8) is 0 Å². The summed E-state index contributed by atoms with van der Waals surface area (Å²) in [5.41, 5.74) is 0.441. The van der Waals surface area contributed by atoms with E-state index in [1.54, 1.807) is 47.9 Å². The monoisotopic (exact) mass is 711 g/mol. The molecular formula is C39H48ClF2N3O5. The molecule has 0 radical (unpaired) electrons. The van der Waals surface area contributed by atoms with Crippen LogP contribution in [0.3, 0.4) is 0 Å². The lowest BCUT2D eigenvalue weighted by atomic mass is 10.1. The molecule has 2 heterocycles. The molecule has 5 rings (SSSR count). The molecular weight excluding hydrogens is 664 g/mol. The van der Waals surface area contributed by atoms with Crippen molar-refractivity contribution >= 4 is 22.5 Å². The van der Waals surface area contributed by atoms with Gasteiger partial charge in [-0.25, -0.2) is 8.78 Å². The van der Waals surface area contributed by atoms with Crippen LogP contribution in [0.15, 0.2) is 65.6 Å². The minimum Gasteiger partial charge on any atom is -1.00 e. The van der Waals surface area contributed by atoms with Crippen molar-refractivity contribution < 1.29 is 44.7 Å². The average Bonchev–Trinajstić information content (AvgIpc) is 3.09. The van der Waals surface area contributed by atoms with E-state index < -0.39 is 23.0 Å². The Morgan fingerprint density at radius 3 is 2.12 bits per heavy atom. The maximum absolute atomic E-state index is 14.1. The number of anilines is 1. The molecule has 0 aliphatic carbocycles. The van der Waals surface area contributed by atoms with Crippen LogP contribution < -0.4 is 36.9 Å². The molecule has 3 aromatic carbocycles. The fourth-order valence-electron chi connectivity index (χ4n) is 6.79. The molecule has 1 fully saturated rings. The standard InChI is InChI=1S/C39H48F2N3O5.ClH/c1-5-42(30-21-28(40)20-29(41)22-30)39(46)36-27-43(31-23-33(47-3)25-34(24-31)48-4)37-26-32(14-15-35(37)38(36)45)49-19-13-8-6-7-10-16-44(2)17-11-9-12-18-44;/h14-15,20-27H,5-13,16-19H2,1-4H3;1H/q+1;/p-1. The Morgan fingerprint density at radius 1 is 0.840 bits per heavy atom. The highest BCUT2D eigenvalue weighted by Crippen LogP contribution is 2.30. The predicted octanol–water partition coefficient (Wildman–Crippen LogP) is 4.92. The zero-order valence-electron chi connectivity index (χ0n) is 29.5. The van der Waals surface area contributed by atoms with E-state index >= 15 is 0 Å². The number of nitrogens with zero attached hydrogens (tertiary/aromatic N) is 3. The maximum Gasteiger partial charge on any atom is 0.263 e. The number of fused-ring (bicyclic) bond motifs is 1. The Labute approximate surface area is 299 Å². The number of methoxy groups -OCH3 is 2. The number of aromatic nitrogens is 1. The molecule has 0 unspecified atom stereocenters. The first-order chi connectivity index (χ1) is 23.6. The second-order valence-electron chi connectivity index (χ2n) is 13.1. The fraction of sp³-hybridized carbons (Fsp3) is 0.436. The number of likely N-dealkylation sites (tertiary alicyclic amines) is 1. The summed E-state index contributed by atoms with van der Waals surface area (Å²) in [5, 5.41) is 0.284. The molecule has 1 aliphatic heterocycles. The van der Waals surface area contributed by atoms with E-state index in [-0.39, 0.29) is 35.6 Å². The lowest BCUT2D eigenvalue weighted by molar-refractivity contribution is -0.914. The highest BCUT2D eigenvalue weighted by molar-refractivity contribution is 6.07. The molecule has 1 aromatic heterocycles. The van der Waals surface area contributed by atoms with E-state index in [9.17, 15) is 18.4 Å². The van der Waals surface area contributed by atoms with E-state index in [0.717, 1.165) is 31.0 Å². The van der Waals surface area contributed by atoms with Crippen LogP contribution in [0.2, 0.25) is 0 Å². The number of pyridine rings is 1. The summed E-state index contributed by atoms with van der Waals surface area (Å²) in [4.78, 5) is 29.0. The number of quaternary nitrogens is 1. The second-order valence-corrected chi connectivity index (χ2v) is 13.1. The van der Waals surface area contributed by atoms with Gasteiger partial charge in [-0.05, 0) is 69.7 Å². The van der Waals surface area contributed by atoms with Crippen molar-refractivity contribution in [2.45, 2.75) is 58.3 Å². The van der Waals surface area contributed by atoms with Gasteiger partial charge in [0.25, 0.3) is 5.91 Å². The van der Waals surface area contributed by atoms with Crippen molar-refractivity contribution in [3.05, 3.63) is 88.2 Å². The SMILES string of the molecule is CCN(C(=O)c1cn(-c2cc(OC)cc(OC)c2)c2cc(OCCCCCCC[N+]3(C)CCCCC3)ccc2c1=O)c1cc(F)cc(F)c1.[Cl-]. The van der Waals surface area contributed by atoms with Gasteiger partial charge in [0.2, 0.25) is 5.43 Å². The van der Waals surface area contributed by atoms with Crippen LogP contribution in [-0.4, -0.2) is 69.0 Å². The Balaban J connectivity index is 0.00000562. The highest BCUT2D eigenvalue weighted by atomic mass is 35.5. The van der Waals surface area contributed by atoms with E-state index in [1.165, 1.54) is 88.0 Å². The van der Waals surface area contributed by atoms with Gasteiger partial charge in [0.1, 0.15) is 34.4 Å². The molecule has 4 aromatic rings. The Morgan fingerprint density at radius 2 is 1.48 bits per heavy atom. The molecule has 50 heavy (non-hydrogen) atoms. The fourth-order valence-corrected chi connectivity index (χ4v) is 6.79. The maximum atomic E-state index is 14.1. The van der Waals surface area contributed by atoms with Gasteiger partial charge in [-0.2, -0.15) is 0 Å². The van der Waals surface area contributed by atoms with Crippen LogP contribution >= 0.6 is 0 Å². The molecule has 0 atom stereocenters. The third-order valence-corrected chi connectivity index (χ3v) is 9.55. The molecule has 0 N–H and O–H groups in total. The van der Waals surface area contributed by atoms with Crippen LogP contribution in [0, 0.1) is 11.6 Å². The van der Waals surface area contributed by atoms with Crippen molar-refractivity contribution in [1.82, 2.24) is 4.57 Å². The molecule has 1 saturated heterocycles. The number of carbonyl (C=O) groups excluding carboxylic acids is 1. The molecule has 0 bridgehead atoms. The van der Waals surface area contributed by atoms with E-state index in [4.69, 9.17) is 14.2 Å². The van der Waals surface area contributed by atoms with Gasteiger partial charge in [-0.3, -0.25) is 9.59 Å². The highest BCUT2D eigenvalue weighted by Gasteiger charge is 2.25. The van der Waals surface area contributed by atoms with Gasteiger partial charge in [0.05, 0.1) is 58.7 Å². The summed E-state index contributed by atoms with van der Waals surface area (Å²) in [6, 6.07) is 13.3. The van der Waals surface area contributed by atoms with E-state index in [1.807, 2.05) is 0 Å². The second kappa shape index (κ2) is 17.7. The number of halogens is 3. The van der Waals surface area contributed by atoms with E-state index in [2.05, 4.69) is 7.05 Å². The number of carbonyl (C=O) groups is 1. The van der Waals surface area contributed by atoms with Crippen LogP contribution in [-0.2, 0) is 0 Å². The summed E-state index contributed by atoms with van der Waals surface area (Å²) in [6.45, 7) is 6.18. The largest absolute Gasteiger partial charge is 1.00 e. The predicted molar refractivity (Wildman–Crippen MR) is 190 cm³/mol. The molecule has 0 spiro atoms. The summed E-state index contributed by atoms with van der Waals surface area (Å²) < 4.78 is 48.3. The summed E-state index contributed by atoms with van der Waals surface area (Å²) >= 11 is 0. The number of hydrogen-bond donors (Lipinski definition) is 0. The summed E-state index contributed by atoms with van der Waals surface area (Å²) in [7, 11) is 5.47. The molecule has 1 amide bonds. The number of benzene rings is 3. The van der Waals surface area contributed by atoms with Crippen LogP contribution in [0.4, 0.5) is 14.5 Å². The third kappa shape index (κ3) is 9.34. The normalized spacial score (nSPS) is 13.8. The van der Waals surface area contributed by atoms with Crippen molar-refractivity contribution in [2.24, 2.45) is 0 Å². The first-order valence-corrected chi connectivity index (χ1v) is 17.3. The molecule has 270 valence electrons. The lowest BCUT2D eigenvalue weighted by Gasteiger charge is -2.37. The Kier molecular flexibility index (Phi) is 13.7. The first-order valence-electron chi connectivity index (χ1n) is 17.3. The number of amides is 1.